The Morgan fingerprint density at radius 3 is 2.73 bits per heavy atom. The van der Waals surface area contributed by atoms with E-state index in [-0.39, 0.29) is 11.9 Å². The van der Waals surface area contributed by atoms with Crippen molar-refractivity contribution in [3.05, 3.63) is 42.2 Å². The minimum Gasteiger partial charge on any atom is -0.387 e. The number of nitrogens with two attached hydrogens (primary N) is 1. The molecule has 4 heterocycles. The van der Waals surface area contributed by atoms with Gasteiger partial charge in [-0.05, 0) is 75.5 Å². The lowest BCUT2D eigenvalue weighted by molar-refractivity contribution is -0.0620. The molecule has 2 saturated carbocycles. The minimum atomic E-state index is -1.11. The molecule has 0 amide bonds. The highest BCUT2D eigenvalue weighted by molar-refractivity contribution is 5.81. The van der Waals surface area contributed by atoms with Gasteiger partial charge in [-0.1, -0.05) is 12.5 Å². The molecule has 0 bridgehead atoms. The molecule has 11 heteroatoms. The summed E-state index contributed by atoms with van der Waals surface area (Å²) in [5.41, 5.74) is 10.5. The Balaban J connectivity index is 0.953. The van der Waals surface area contributed by atoms with E-state index < -0.39 is 24.5 Å². The molecule has 1 aromatic carbocycles. The molecule has 2 aliphatic carbocycles. The lowest BCUT2D eigenvalue weighted by Crippen LogP contribution is -2.52. The third kappa shape index (κ3) is 4.88. The fourth-order valence-electron chi connectivity index (χ4n) is 6.90. The summed E-state index contributed by atoms with van der Waals surface area (Å²) in [7, 11) is 0. The van der Waals surface area contributed by atoms with E-state index in [1.807, 2.05) is 0 Å². The van der Waals surface area contributed by atoms with Crippen molar-refractivity contribution in [1.82, 2.24) is 34.4 Å². The molecule has 1 saturated heterocycles. The monoisotopic (exact) mass is 560 g/mol. The summed E-state index contributed by atoms with van der Waals surface area (Å²) in [4.78, 5) is 23.4. The summed E-state index contributed by atoms with van der Waals surface area (Å²) < 4.78 is 7.87. The number of H-pyrrole nitrogens is 1. The molecule has 3 fully saturated rings. The molecule has 4 aromatic rings. The summed E-state index contributed by atoms with van der Waals surface area (Å²) >= 11 is 0. The number of imidazole rings is 2. The van der Waals surface area contributed by atoms with E-state index in [4.69, 9.17) is 15.5 Å². The van der Waals surface area contributed by atoms with E-state index in [0.717, 1.165) is 48.5 Å². The van der Waals surface area contributed by atoms with Gasteiger partial charge in [0.15, 0.2) is 17.7 Å². The SMILES string of the molecule is CC(C)N(CC1O[C@@H](n2cnc3c(N)ncnc32)[C@H](O)[C@@H]1O)C1CC(CCc2nc3ccc(C4CCC4)cc3[nH]2)C1. The van der Waals surface area contributed by atoms with Gasteiger partial charge in [-0.3, -0.25) is 9.47 Å². The largest absolute Gasteiger partial charge is 0.387 e. The molecule has 218 valence electrons. The number of aromatic nitrogens is 6. The van der Waals surface area contributed by atoms with Crippen molar-refractivity contribution in [2.45, 2.75) is 101 Å². The zero-order chi connectivity index (χ0) is 28.2. The zero-order valence-corrected chi connectivity index (χ0v) is 23.7. The molecule has 11 nitrogen and oxygen atoms in total. The highest BCUT2D eigenvalue weighted by Crippen LogP contribution is 2.39. The van der Waals surface area contributed by atoms with E-state index >= 15 is 0 Å². The van der Waals surface area contributed by atoms with Crippen LogP contribution in [0.15, 0.2) is 30.9 Å². The standard InChI is InChI=1S/C30H40N8O3/c1-16(2)37(13-23-26(39)27(40)30(41-23)38-15-34-25-28(31)32-14-33-29(25)38)20-10-17(11-20)6-9-24-35-21-8-7-19(12-22(21)36-24)18-4-3-5-18/h7-8,12,14-18,20,23,26-27,30,39-40H,3-6,9-11,13H2,1-2H3,(H,35,36)(H2,31,32,33)/t17?,20?,23?,26-,27-,30-/m1/s1. The maximum absolute atomic E-state index is 10.9. The Morgan fingerprint density at radius 1 is 1.15 bits per heavy atom. The Morgan fingerprint density at radius 2 is 1.98 bits per heavy atom. The number of hydrogen-bond donors (Lipinski definition) is 4. The van der Waals surface area contributed by atoms with Crippen molar-refractivity contribution < 1.29 is 14.9 Å². The van der Waals surface area contributed by atoms with Gasteiger partial charge >= 0.3 is 0 Å². The lowest BCUT2D eigenvalue weighted by atomic mass is 9.76. The van der Waals surface area contributed by atoms with Crippen molar-refractivity contribution in [3.8, 4) is 0 Å². The first-order valence-electron chi connectivity index (χ1n) is 15.0. The topological polar surface area (TPSA) is 151 Å². The highest BCUT2D eigenvalue weighted by atomic mass is 16.6. The number of nitrogens with one attached hydrogen (secondary N) is 1. The second-order valence-electron chi connectivity index (χ2n) is 12.5. The first kappa shape index (κ1) is 26.8. The fraction of sp³-hybridized carbons (Fsp3) is 0.600. The summed E-state index contributed by atoms with van der Waals surface area (Å²) in [6.07, 6.45) is 7.68. The third-order valence-corrected chi connectivity index (χ3v) is 9.65. The quantitative estimate of drug-likeness (QED) is 0.242. The van der Waals surface area contributed by atoms with Crippen LogP contribution >= 0.6 is 0 Å². The van der Waals surface area contributed by atoms with Crippen molar-refractivity contribution in [2.24, 2.45) is 5.92 Å². The second-order valence-corrected chi connectivity index (χ2v) is 12.5. The van der Waals surface area contributed by atoms with Gasteiger partial charge in [-0.25, -0.2) is 19.9 Å². The predicted molar refractivity (Wildman–Crippen MR) is 155 cm³/mol. The van der Waals surface area contributed by atoms with Gasteiger partial charge in [0.25, 0.3) is 0 Å². The first-order chi connectivity index (χ1) is 19.9. The maximum Gasteiger partial charge on any atom is 0.167 e. The average Bonchev–Trinajstić information content (AvgIpc) is 3.58. The van der Waals surface area contributed by atoms with Crippen LogP contribution in [0.25, 0.3) is 22.2 Å². The van der Waals surface area contributed by atoms with Crippen LogP contribution in [-0.4, -0.2) is 81.5 Å². The molecular formula is C30H40N8O3. The zero-order valence-electron chi connectivity index (χ0n) is 23.7. The minimum absolute atomic E-state index is 0.266. The van der Waals surface area contributed by atoms with Crippen LogP contribution in [0, 0.1) is 5.92 Å². The number of nitrogens with zero attached hydrogens (tertiary/aromatic N) is 6. The molecular weight excluding hydrogens is 520 g/mol. The van der Waals surface area contributed by atoms with Crippen LogP contribution < -0.4 is 5.73 Å². The smallest absolute Gasteiger partial charge is 0.167 e. The van der Waals surface area contributed by atoms with E-state index in [0.29, 0.717) is 29.7 Å². The number of fused-ring (bicyclic) bond motifs is 2. The highest BCUT2D eigenvalue weighted by Gasteiger charge is 2.46. The van der Waals surface area contributed by atoms with Gasteiger partial charge < -0.3 is 25.7 Å². The van der Waals surface area contributed by atoms with Gasteiger partial charge in [-0.2, -0.15) is 0 Å². The average molecular weight is 561 g/mol. The summed E-state index contributed by atoms with van der Waals surface area (Å²) in [5, 5.41) is 21.8. The van der Waals surface area contributed by atoms with E-state index in [1.165, 1.54) is 37.5 Å². The van der Waals surface area contributed by atoms with Crippen molar-refractivity contribution in [2.75, 3.05) is 12.3 Å². The maximum atomic E-state index is 10.9. The molecule has 3 aliphatic rings. The Hall–Kier alpha value is -3.12. The number of ether oxygens (including phenoxy) is 1. The first-order valence-corrected chi connectivity index (χ1v) is 15.0. The van der Waals surface area contributed by atoms with Crippen LogP contribution in [0.1, 0.15) is 75.9 Å². The number of rotatable bonds is 9. The fourth-order valence-corrected chi connectivity index (χ4v) is 6.90. The van der Waals surface area contributed by atoms with Crippen molar-refractivity contribution in [3.63, 3.8) is 0 Å². The van der Waals surface area contributed by atoms with Crippen LogP contribution in [0.2, 0.25) is 0 Å². The van der Waals surface area contributed by atoms with Crippen molar-refractivity contribution >= 4 is 28.0 Å². The Labute approximate surface area is 239 Å². The number of anilines is 1. The van der Waals surface area contributed by atoms with Gasteiger partial charge in [0.05, 0.1) is 17.4 Å². The third-order valence-electron chi connectivity index (χ3n) is 9.65. The van der Waals surface area contributed by atoms with Gasteiger partial charge in [0, 0.05) is 25.0 Å². The van der Waals surface area contributed by atoms with Gasteiger partial charge in [-0.15, -0.1) is 0 Å². The molecule has 1 aliphatic heterocycles. The van der Waals surface area contributed by atoms with Gasteiger partial charge in [0.2, 0.25) is 0 Å². The molecule has 1 unspecified atom stereocenters. The normalized spacial score (nSPS) is 28.6. The Kier molecular flexibility index (Phi) is 6.93. The number of aliphatic hydroxyl groups excluding tert-OH is 2. The number of hydrogen-bond acceptors (Lipinski definition) is 9. The Bertz CT molecular complexity index is 1520. The van der Waals surface area contributed by atoms with E-state index in [9.17, 15) is 10.2 Å². The number of aliphatic hydroxyl groups is 2. The molecule has 4 atom stereocenters. The summed E-state index contributed by atoms with van der Waals surface area (Å²) in [6.45, 7) is 4.90. The summed E-state index contributed by atoms with van der Waals surface area (Å²) in [5.74, 6) is 2.72. The lowest BCUT2D eigenvalue weighted by Gasteiger charge is -2.46. The number of nitrogen functional groups attached to an aromatic ring is 1. The van der Waals surface area contributed by atoms with Gasteiger partial charge in [0.1, 0.15) is 36.0 Å². The summed E-state index contributed by atoms with van der Waals surface area (Å²) in [6, 6.07) is 7.43. The van der Waals surface area contributed by atoms with E-state index in [1.54, 1.807) is 4.57 Å². The molecule has 41 heavy (non-hydrogen) atoms. The molecule has 5 N–H and O–H groups in total. The van der Waals surface area contributed by atoms with Crippen LogP contribution in [0.4, 0.5) is 5.82 Å². The van der Waals surface area contributed by atoms with E-state index in [2.05, 4.69) is 56.9 Å². The van der Waals surface area contributed by atoms with Crippen molar-refractivity contribution in [1.29, 1.82) is 0 Å². The molecule has 3 aromatic heterocycles. The predicted octanol–water partition coefficient (Wildman–Crippen LogP) is 3.29. The number of aromatic amines is 1. The van der Waals surface area contributed by atoms with Crippen LogP contribution in [0.3, 0.4) is 0 Å². The molecule has 0 spiro atoms. The number of benzene rings is 1. The number of aryl methyl sites for hydroxylation is 1. The second kappa shape index (κ2) is 10.6. The van der Waals surface area contributed by atoms with Crippen LogP contribution in [-0.2, 0) is 11.2 Å². The molecule has 0 radical (unpaired) electrons. The molecule has 7 rings (SSSR count). The van der Waals surface area contributed by atoms with Crippen LogP contribution in [0.5, 0.6) is 0 Å².